The molecule has 1 aromatic heterocycles. The highest BCUT2D eigenvalue weighted by molar-refractivity contribution is 9.10. The summed E-state index contributed by atoms with van der Waals surface area (Å²) in [6.45, 7) is 1.73. The first-order chi connectivity index (χ1) is 6.68. The summed E-state index contributed by atoms with van der Waals surface area (Å²) in [6, 6.07) is 7.87. The second kappa shape index (κ2) is 3.67. The smallest absolute Gasteiger partial charge is 0.0938 e. The average molecular weight is 252 g/mol. The number of aliphatic hydroxyl groups is 1. The lowest BCUT2D eigenvalue weighted by Gasteiger charge is -2.07. The summed E-state index contributed by atoms with van der Waals surface area (Å²) in [7, 11) is 0. The summed E-state index contributed by atoms with van der Waals surface area (Å²) in [5, 5.41) is 11.6. The van der Waals surface area contributed by atoms with Gasteiger partial charge in [-0.3, -0.25) is 4.98 Å². The lowest BCUT2D eigenvalue weighted by atomic mass is 10.1. The first-order valence-electron chi connectivity index (χ1n) is 4.41. The van der Waals surface area contributed by atoms with Gasteiger partial charge in [-0.1, -0.05) is 22.0 Å². The number of halogens is 1. The Morgan fingerprint density at radius 3 is 2.86 bits per heavy atom. The van der Waals surface area contributed by atoms with Crippen molar-refractivity contribution in [2.75, 3.05) is 0 Å². The number of rotatable bonds is 1. The Labute approximate surface area is 90.7 Å². The average Bonchev–Trinajstić information content (AvgIpc) is 2.16. The summed E-state index contributed by atoms with van der Waals surface area (Å²) in [5.74, 6) is 0. The Hall–Kier alpha value is -0.930. The molecular formula is C11H10BrNO. The number of nitrogens with zero attached hydrogens (tertiary/aromatic N) is 1. The molecule has 1 aromatic carbocycles. The van der Waals surface area contributed by atoms with E-state index in [2.05, 4.69) is 20.9 Å². The largest absolute Gasteiger partial charge is 0.387 e. The van der Waals surface area contributed by atoms with Crippen molar-refractivity contribution in [3.8, 4) is 0 Å². The molecular weight excluding hydrogens is 242 g/mol. The first-order valence-corrected chi connectivity index (χ1v) is 5.20. The Bertz CT molecular complexity index is 468. The predicted molar refractivity (Wildman–Crippen MR) is 60.1 cm³/mol. The van der Waals surface area contributed by atoms with Crippen LogP contribution in [0.3, 0.4) is 0 Å². The standard InChI is InChI=1S/C11H10BrNO/c1-7(14)11-10-3-2-9(12)6-8(10)4-5-13-11/h2-7,14H,1H3. The van der Waals surface area contributed by atoms with Gasteiger partial charge in [-0.25, -0.2) is 0 Å². The molecule has 2 nitrogen and oxygen atoms in total. The number of fused-ring (bicyclic) bond motifs is 1. The van der Waals surface area contributed by atoms with Crippen molar-refractivity contribution in [1.82, 2.24) is 4.98 Å². The maximum absolute atomic E-state index is 9.52. The van der Waals surface area contributed by atoms with Gasteiger partial charge in [0.05, 0.1) is 11.8 Å². The molecule has 1 heterocycles. The summed E-state index contributed by atoms with van der Waals surface area (Å²) in [6.07, 6.45) is 1.19. The second-order valence-electron chi connectivity index (χ2n) is 3.24. The molecule has 0 saturated heterocycles. The fourth-order valence-corrected chi connectivity index (χ4v) is 1.88. The van der Waals surface area contributed by atoms with Crippen LogP contribution in [0.15, 0.2) is 34.9 Å². The van der Waals surface area contributed by atoms with Gasteiger partial charge in [-0.15, -0.1) is 0 Å². The Balaban J connectivity index is 2.75. The Morgan fingerprint density at radius 1 is 1.36 bits per heavy atom. The second-order valence-corrected chi connectivity index (χ2v) is 4.15. The van der Waals surface area contributed by atoms with E-state index < -0.39 is 6.10 Å². The van der Waals surface area contributed by atoms with Crippen molar-refractivity contribution in [3.05, 3.63) is 40.6 Å². The molecule has 0 bridgehead atoms. The van der Waals surface area contributed by atoms with Crippen molar-refractivity contribution in [3.63, 3.8) is 0 Å². The number of benzene rings is 1. The van der Waals surface area contributed by atoms with Crippen LogP contribution >= 0.6 is 15.9 Å². The quantitative estimate of drug-likeness (QED) is 0.846. The molecule has 0 aliphatic heterocycles. The molecule has 0 fully saturated rings. The molecule has 3 heteroatoms. The summed E-state index contributed by atoms with van der Waals surface area (Å²) < 4.78 is 1.03. The van der Waals surface area contributed by atoms with E-state index in [1.807, 2.05) is 24.3 Å². The van der Waals surface area contributed by atoms with E-state index >= 15 is 0 Å². The Kier molecular flexibility index (Phi) is 2.52. The van der Waals surface area contributed by atoms with Crippen LogP contribution in [0.4, 0.5) is 0 Å². The summed E-state index contributed by atoms with van der Waals surface area (Å²) in [5.41, 5.74) is 0.731. The maximum Gasteiger partial charge on any atom is 0.0938 e. The van der Waals surface area contributed by atoms with Gasteiger partial charge in [0.1, 0.15) is 0 Å². The number of hydrogen-bond donors (Lipinski definition) is 1. The third-order valence-electron chi connectivity index (χ3n) is 2.15. The third-order valence-corrected chi connectivity index (χ3v) is 2.65. The van der Waals surface area contributed by atoms with Crippen molar-refractivity contribution >= 4 is 26.7 Å². The zero-order valence-corrected chi connectivity index (χ0v) is 9.32. The van der Waals surface area contributed by atoms with Crippen LogP contribution in [-0.4, -0.2) is 10.1 Å². The minimum absolute atomic E-state index is 0.528. The van der Waals surface area contributed by atoms with Crippen LogP contribution in [0.25, 0.3) is 10.8 Å². The number of pyridine rings is 1. The van der Waals surface area contributed by atoms with Gasteiger partial charge in [0, 0.05) is 16.1 Å². The van der Waals surface area contributed by atoms with Gasteiger partial charge in [-0.05, 0) is 30.5 Å². The molecule has 2 aromatic rings. The van der Waals surface area contributed by atoms with Crippen LogP contribution in [0.1, 0.15) is 18.7 Å². The van der Waals surface area contributed by atoms with Crippen LogP contribution in [0.5, 0.6) is 0 Å². The predicted octanol–water partition coefficient (Wildman–Crippen LogP) is 3.05. The van der Waals surface area contributed by atoms with Gasteiger partial charge in [0.2, 0.25) is 0 Å². The number of hydrogen-bond acceptors (Lipinski definition) is 2. The Morgan fingerprint density at radius 2 is 2.14 bits per heavy atom. The van der Waals surface area contributed by atoms with Crippen LogP contribution in [-0.2, 0) is 0 Å². The van der Waals surface area contributed by atoms with E-state index in [1.165, 1.54) is 0 Å². The molecule has 1 atom stereocenters. The van der Waals surface area contributed by atoms with E-state index in [0.29, 0.717) is 0 Å². The third kappa shape index (κ3) is 1.65. The molecule has 0 spiro atoms. The highest BCUT2D eigenvalue weighted by Gasteiger charge is 2.07. The van der Waals surface area contributed by atoms with Crippen LogP contribution in [0, 0.1) is 0 Å². The molecule has 2 rings (SSSR count). The highest BCUT2D eigenvalue weighted by atomic mass is 79.9. The van der Waals surface area contributed by atoms with Gasteiger partial charge >= 0.3 is 0 Å². The van der Waals surface area contributed by atoms with Crippen molar-refractivity contribution in [2.45, 2.75) is 13.0 Å². The van der Waals surface area contributed by atoms with Crippen molar-refractivity contribution in [2.24, 2.45) is 0 Å². The normalized spacial score (nSPS) is 13.1. The molecule has 0 saturated carbocycles. The SMILES string of the molecule is CC(O)c1nccc2cc(Br)ccc12. The fourth-order valence-electron chi connectivity index (χ4n) is 1.51. The zero-order valence-electron chi connectivity index (χ0n) is 7.74. The number of aromatic nitrogens is 1. The van der Waals surface area contributed by atoms with E-state index in [1.54, 1.807) is 13.1 Å². The molecule has 72 valence electrons. The van der Waals surface area contributed by atoms with E-state index in [4.69, 9.17) is 0 Å². The molecule has 0 radical (unpaired) electrons. The van der Waals surface area contributed by atoms with Gasteiger partial charge in [0.15, 0.2) is 0 Å². The van der Waals surface area contributed by atoms with Crippen LogP contribution in [0.2, 0.25) is 0 Å². The topological polar surface area (TPSA) is 33.1 Å². The van der Waals surface area contributed by atoms with Gasteiger partial charge in [0.25, 0.3) is 0 Å². The fraction of sp³-hybridized carbons (Fsp3) is 0.182. The van der Waals surface area contributed by atoms with E-state index in [9.17, 15) is 5.11 Å². The monoisotopic (exact) mass is 251 g/mol. The van der Waals surface area contributed by atoms with Crippen LogP contribution < -0.4 is 0 Å². The highest BCUT2D eigenvalue weighted by Crippen LogP contribution is 2.24. The van der Waals surface area contributed by atoms with Gasteiger partial charge < -0.3 is 5.11 Å². The molecule has 1 unspecified atom stereocenters. The summed E-state index contributed by atoms with van der Waals surface area (Å²) >= 11 is 3.41. The van der Waals surface area contributed by atoms with Crippen molar-refractivity contribution < 1.29 is 5.11 Å². The van der Waals surface area contributed by atoms with Gasteiger partial charge in [-0.2, -0.15) is 0 Å². The zero-order chi connectivity index (χ0) is 10.1. The lowest BCUT2D eigenvalue weighted by Crippen LogP contribution is -1.96. The minimum Gasteiger partial charge on any atom is -0.387 e. The minimum atomic E-state index is -0.528. The summed E-state index contributed by atoms with van der Waals surface area (Å²) in [4.78, 5) is 4.17. The number of aliphatic hydroxyl groups excluding tert-OH is 1. The molecule has 1 N–H and O–H groups in total. The first kappa shape index (κ1) is 9.62. The lowest BCUT2D eigenvalue weighted by molar-refractivity contribution is 0.196. The van der Waals surface area contributed by atoms with E-state index in [-0.39, 0.29) is 0 Å². The maximum atomic E-state index is 9.52. The molecule has 0 amide bonds. The molecule has 0 aliphatic rings. The van der Waals surface area contributed by atoms with E-state index in [0.717, 1.165) is 20.9 Å². The molecule has 14 heavy (non-hydrogen) atoms. The molecule has 0 aliphatic carbocycles. The van der Waals surface area contributed by atoms with Crippen molar-refractivity contribution in [1.29, 1.82) is 0 Å².